The zero-order valence-corrected chi connectivity index (χ0v) is 14.2. The second kappa shape index (κ2) is 7.79. The Labute approximate surface area is 142 Å². The van der Waals surface area contributed by atoms with E-state index >= 15 is 0 Å². The van der Waals surface area contributed by atoms with Crippen LogP contribution in [-0.4, -0.2) is 18.5 Å². The number of nitrogens with one attached hydrogen (secondary N) is 3. The fourth-order valence-corrected chi connectivity index (χ4v) is 2.34. The van der Waals surface area contributed by atoms with Gasteiger partial charge in [0.15, 0.2) is 0 Å². The smallest absolute Gasteiger partial charge is 0.319 e. The molecule has 0 saturated heterocycles. The highest BCUT2D eigenvalue weighted by Crippen LogP contribution is 2.16. The first-order chi connectivity index (χ1) is 10.5. The van der Waals surface area contributed by atoms with Gasteiger partial charge in [0.25, 0.3) is 0 Å². The van der Waals surface area contributed by atoms with Crippen LogP contribution in [0.25, 0.3) is 0 Å². The summed E-state index contributed by atoms with van der Waals surface area (Å²) in [5.74, 6) is -0.275. The third kappa shape index (κ3) is 5.03. The minimum Gasteiger partial charge on any atom is -0.329 e. The number of carbonyl (C=O) groups excluding carboxylic acids is 2. The molecule has 2 aromatic carbocycles. The van der Waals surface area contributed by atoms with Crippen molar-refractivity contribution in [1.29, 1.82) is 0 Å². The van der Waals surface area contributed by atoms with Gasteiger partial charge in [-0.1, -0.05) is 24.3 Å². The maximum atomic E-state index is 11.8. The Balaban J connectivity index is 1.81. The Bertz CT molecular complexity index is 689. The van der Waals surface area contributed by atoms with Gasteiger partial charge in [-0.15, -0.1) is 0 Å². The standard InChI is InChI=1S/C16H16IN3O2/c1-11-5-4-6-12(9-11)19-16(22)18-10-15(21)20-14-8-3-2-7-13(14)17/h2-9H,10H2,1H3,(H,20,21)(H2,18,19,22). The molecule has 0 aliphatic carbocycles. The van der Waals surface area contributed by atoms with Crippen molar-refractivity contribution in [3.05, 3.63) is 57.7 Å². The Morgan fingerprint density at radius 2 is 1.82 bits per heavy atom. The largest absolute Gasteiger partial charge is 0.329 e. The van der Waals surface area contributed by atoms with E-state index in [1.165, 1.54) is 0 Å². The number of benzene rings is 2. The summed E-state index contributed by atoms with van der Waals surface area (Å²) >= 11 is 2.14. The predicted octanol–water partition coefficient (Wildman–Crippen LogP) is 3.36. The molecule has 0 fully saturated rings. The molecule has 0 heterocycles. The van der Waals surface area contributed by atoms with Gasteiger partial charge in [0, 0.05) is 9.26 Å². The van der Waals surface area contributed by atoms with Gasteiger partial charge in [-0.3, -0.25) is 4.79 Å². The highest BCUT2D eigenvalue weighted by Gasteiger charge is 2.07. The summed E-state index contributed by atoms with van der Waals surface area (Å²) < 4.78 is 0.942. The van der Waals surface area contributed by atoms with E-state index in [0.717, 1.165) is 14.8 Å². The van der Waals surface area contributed by atoms with Crippen LogP contribution >= 0.6 is 22.6 Å². The molecule has 0 spiro atoms. The molecule has 114 valence electrons. The number of anilines is 2. The van der Waals surface area contributed by atoms with E-state index in [1.54, 1.807) is 6.07 Å². The van der Waals surface area contributed by atoms with Gasteiger partial charge in [0.2, 0.25) is 5.91 Å². The van der Waals surface area contributed by atoms with Crippen LogP contribution in [0.3, 0.4) is 0 Å². The average Bonchev–Trinajstić information content (AvgIpc) is 2.48. The van der Waals surface area contributed by atoms with Crippen molar-refractivity contribution in [1.82, 2.24) is 5.32 Å². The van der Waals surface area contributed by atoms with Gasteiger partial charge in [0.1, 0.15) is 0 Å². The zero-order valence-electron chi connectivity index (χ0n) is 12.0. The van der Waals surface area contributed by atoms with Crippen molar-refractivity contribution in [2.45, 2.75) is 6.92 Å². The third-order valence-electron chi connectivity index (χ3n) is 2.83. The molecule has 22 heavy (non-hydrogen) atoms. The predicted molar refractivity (Wildman–Crippen MR) is 96.0 cm³/mol. The molecule has 2 rings (SSSR count). The number of rotatable bonds is 4. The number of hydrogen-bond acceptors (Lipinski definition) is 2. The minimum absolute atomic E-state index is 0.0946. The molecule has 0 bridgehead atoms. The fraction of sp³-hybridized carbons (Fsp3) is 0.125. The molecule has 3 amide bonds. The van der Waals surface area contributed by atoms with Crippen molar-refractivity contribution >= 4 is 45.9 Å². The molecule has 0 aromatic heterocycles. The number of amides is 3. The SMILES string of the molecule is Cc1cccc(NC(=O)NCC(=O)Nc2ccccc2I)c1. The first-order valence-corrected chi connectivity index (χ1v) is 7.78. The van der Waals surface area contributed by atoms with Crippen LogP contribution in [0.1, 0.15) is 5.56 Å². The maximum absolute atomic E-state index is 11.8. The molecule has 0 aliphatic rings. The average molecular weight is 409 g/mol. The van der Waals surface area contributed by atoms with Gasteiger partial charge in [-0.05, 0) is 59.3 Å². The van der Waals surface area contributed by atoms with Gasteiger partial charge in [-0.2, -0.15) is 0 Å². The summed E-state index contributed by atoms with van der Waals surface area (Å²) in [5, 5.41) is 7.96. The van der Waals surface area contributed by atoms with Gasteiger partial charge >= 0.3 is 6.03 Å². The van der Waals surface area contributed by atoms with Crippen molar-refractivity contribution in [2.24, 2.45) is 0 Å². The van der Waals surface area contributed by atoms with E-state index in [1.807, 2.05) is 49.4 Å². The van der Waals surface area contributed by atoms with Crippen molar-refractivity contribution in [3.8, 4) is 0 Å². The number of halogens is 1. The Hall–Kier alpha value is -2.09. The molecule has 0 radical (unpaired) electrons. The third-order valence-corrected chi connectivity index (χ3v) is 3.77. The molecular weight excluding hydrogens is 393 g/mol. The maximum Gasteiger partial charge on any atom is 0.319 e. The first-order valence-electron chi connectivity index (χ1n) is 6.70. The number of hydrogen-bond donors (Lipinski definition) is 3. The molecule has 6 heteroatoms. The minimum atomic E-state index is -0.413. The summed E-state index contributed by atoms with van der Waals surface area (Å²) in [5.41, 5.74) is 2.47. The topological polar surface area (TPSA) is 70.2 Å². The number of aryl methyl sites for hydroxylation is 1. The number of urea groups is 1. The normalized spacial score (nSPS) is 9.91. The van der Waals surface area contributed by atoms with Gasteiger partial charge in [-0.25, -0.2) is 4.79 Å². The lowest BCUT2D eigenvalue weighted by Gasteiger charge is -2.09. The molecular formula is C16H16IN3O2. The van der Waals surface area contributed by atoms with Gasteiger partial charge < -0.3 is 16.0 Å². The van der Waals surface area contributed by atoms with Gasteiger partial charge in [0.05, 0.1) is 12.2 Å². The van der Waals surface area contributed by atoms with Crippen LogP contribution in [0.4, 0.5) is 16.2 Å². The van der Waals surface area contributed by atoms with E-state index < -0.39 is 6.03 Å². The molecule has 0 atom stereocenters. The van der Waals surface area contributed by atoms with Crippen molar-refractivity contribution < 1.29 is 9.59 Å². The lowest BCUT2D eigenvalue weighted by atomic mass is 10.2. The molecule has 2 aromatic rings. The van der Waals surface area contributed by atoms with Crippen molar-refractivity contribution in [2.75, 3.05) is 17.2 Å². The van der Waals surface area contributed by atoms with E-state index in [2.05, 4.69) is 38.5 Å². The number of para-hydroxylation sites is 1. The Kier molecular flexibility index (Phi) is 5.76. The summed E-state index contributed by atoms with van der Waals surface area (Å²) in [7, 11) is 0. The van der Waals surface area contributed by atoms with Crippen LogP contribution in [0.15, 0.2) is 48.5 Å². The van der Waals surface area contributed by atoms with Crippen molar-refractivity contribution in [3.63, 3.8) is 0 Å². The monoisotopic (exact) mass is 409 g/mol. The summed E-state index contributed by atoms with van der Waals surface area (Å²) in [4.78, 5) is 23.6. The molecule has 0 unspecified atom stereocenters. The summed E-state index contributed by atoms with van der Waals surface area (Å²) in [6, 6.07) is 14.5. The fourth-order valence-electron chi connectivity index (χ4n) is 1.82. The highest BCUT2D eigenvalue weighted by molar-refractivity contribution is 14.1. The van der Waals surface area contributed by atoms with E-state index in [4.69, 9.17) is 0 Å². The summed E-state index contributed by atoms with van der Waals surface area (Å²) in [6.45, 7) is 1.85. The second-order valence-corrected chi connectivity index (χ2v) is 5.87. The van der Waals surface area contributed by atoms with E-state index in [9.17, 15) is 9.59 Å². The lowest BCUT2D eigenvalue weighted by molar-refractivity contribution is -0.115. The lowest BCUT2D eigenvalue weighted by Crippen LogP contribution is -2.35. The number of carbonyl (C=O) groups is 2. The molecule has 0 saturated carbocycles. The Morgan fingerprint density at radius 3 is 2.55 bits per heavy atom. The van der Waals surface area contributed by atoms with Crippen LogP contribution in [0.5, 0.6) is 0 Å². The quantitative estimate of drug-likeness (QED) is 0.678. The van der Waals surface area contributed by atoms with Crippen LogP contribution in [-0.2, 0) is 4.79 Å². The van der Waals surface area contributed by atoms with Crippen LogP contribution < -0.4 is 16.0 Å². The molecule has 3 N–H and O–H groups in total. The van der Waals surface area contributed by atoms with Crippen LogP contribution in [0, 0.1) is 10.5 Å². The molecule has 0 aliphatic heterocycles. The molecule has 5 nitrogen and oxygen atoms in total. The van der Waals surface area contributed by atoms with Crippen LogP contribution in [0.2, 0.25) is 0 Å². The zero-order chi connectivity index (χ0) is 15.9. The summed E-state index contributed by atoms with van der Waals surface area (Å²) in [6.07, 6.45) is 0. The highest BCUT2D eigenvalue weighted by atomic mass is 127. The van der Waals surface area contributed by atoms with E-state index in [-0.39, 0.29) is 12.5 Å². The Morgan fingerprint density at radius 1 is 1.05 bits per heavy atom. The first kappa shape index (κ1) is 16.3. The second-order valence-electron chi connectivity index (χ2n) is 4.71. The van der Waals surface area contributed by atoms with E-state index in [0.29, 0.717) is 5.69 Å².